The molecular weight excluding hydrogens is 256 g/mol. The fraction of sp³-hybridized carbons (Fsp3) is 0.263. The summed E-state index contributed by atoms with van der Waals surface area (Å²) in [6.45, 7) is 9.41. The van der Waals surface area contributed by atoms with Crippen molar-refractivity contribution in [2.24, 2.45) is 0 Å². The first-order valence-electron chi connectivity index (χ1n) is 7.37. The summed E-state index contributed by atoms with van der Waals surface area (Å²) in [5.41, 5.74) is 7.02. The van der Waals surface area contributed by atoms with E-state index in [1.807, 2.05) is 0 Å². The third kappa shape index (κ3) is 2.27. The van der Waals surface area contributed by atoms with E-state index in [4.69, 9.17) is 0 Å². The van der Waals surface area contributed by atoms with Crippen LogP contribution in [0.3, 0.4) is 0 Å². The molecule has 0 aromatic heterocycles. The quantitative estimate of drug-likeness (QED) is 0.694. The third-order valence-electron chi connectivity index (χ3n) is 4.21. The van der Waals surface area contributed by atoms with E-state index < -0.39 is 8.07 Å². The Kier molecular flexibility index (Phi) is 3.18. The number of allylic oxidation sites excluding steroid dienone is 1. The highest BCUT2D eigenvalue weighted by Crippen LogP contribution is 2.33. The molecule has 1 heteroatoms. The van der Waals surface area contributed by atoms with Gasteiger partial charge in [0.2, 0.25) is 0 Å². The fourth-order valence-corrected chi connectivity index (χ4v) is 4.13. The molecule has 0 saturated heterocycles. The van der Waals surface area contributed by atoms with E-state index in [1.54, 1.807) is 0 Å². The summed E-state index contributed by atoms with van der Waals surface area (Å²) in [7, 11) is -1.21. The predicted molar refractivity (Wildman–Crippen MR) is 92.3 cm³/mol. The molecule has 0 heterocycles. The van der Waals surface area contributed by atoms with Gasteiger partial charge in [0, 0.05) is 0 Å². The van der Waals surface area contributed by atoms with Gasteiger partial charge in [0.05, 0.1) is 8.07 Å². The first-order valence-corrected chi connectivity index (χ1v) is 10.9. The minimum absolute atomic E-state index is 1.08. The molecular formula is C19H22Si. The van der Waals surface area contributed by atoms with E-state index in [9.17, 15) is 0 Å². The zero-order valence-corrected chi connectivity index (χ0v) is 13.8. The molecule has 0 N–H and O–H groups in total. The molecule has 0 fully saturated rings. The van der Waals surface area contributed by atoms with Crippen molar-refractivity contribution in [3.05, 3.63) is 59.2 Å². The van der Waals surface area contributed by atoms with Crippen molar-refractivity contribution in [3.63, 3.8) is 0 Å². The lowest BCUT2D eigenvalue weighted by atomic mass is 9.93. The SMILES string of the molecule is Cc1ccc2c(c1-c1ccc([Si](C)(C)C)cc1)C=CC2. The van der Waals surface area contributed by atoms with Crippen LogP contribution in [-0.2, 0) is 6.42 Å². The van der Waals surface area contributed by atoms with E-state index in [1.165, 1.54) is 33.0 Å². The van der Waals surface area contributed by atoms with Crippen LogP contribution in [0.5, 0.6) is 0 Å². The van der Waals surface area contributed by atoms with Gasteiger partial charge < -0.3 is 0 Å². The van der Waals surface area contributed by atoms with Gasteiger partial charge in [-0.25, -0.2) is 0 Å². The summed E-state index contributed by atoms with van der Waals surface area (Å²) < 4.78 is 0. The molecule has 0 aliphatic heterocycles. The molecule has 0 radical (unpaired) electrons. The number of rotatable bonds is 2. The van der Waals surface area contributed by atoms with Gasteiger partial charge in [-0.3, -0.25) is 0 Å². The van der Waals surface area contributed by atoms with Crippen LogP contribution in [0.2, 0.25) is 19.6 Å². The molecule has 2 aromatic rings. The standard InChI is InChI=1S/C19H22Si/c1-14-8-9-15-6-5-7-18(15)19(14)16-10-12-17(13-11-16)20(2,3)4/h5,7-13H,6H2,1-4H3. The van der Waals surface area contributed by atoms with Crippen molar-refractivity contribution in [3.8, 4) is 11.1 Å². The maximum atomic E-state index is 2.40. The fourth-order valence-electron chi connectivity index (χ4n) is 2.96. The number of hydrogen-bond acceptors (Lipinski definition) is 0. The van der Waals surface area contributed by atoms with Gasteiger partial charge in [-0.05, 0) is 41.2 Å². The summed E-state index contributed by atoms with van der Waals surface area (Å²) in [5.74, 6) is 0. The van der Waals surface area contributed by atoms with Crippen LogP contribution >= 0.6 is 0 Å². The topological polar surface area (TPSA) is 0 Å². The van der Waals surface area contributed by atoms with E-state index in [0.29, 0.717) is 0 Å². The second-order valence-electron chi connectivity index (χ2n) is 6.76. The van der Waals surface area contributed by atoms with Crippen LogP contribution in [0.25, 0.3) is 17.2 Å². The number of hydrogen-bond donors (Lipinski definition) is 0. The summed E-state index contributed by atoms with van der Waals surface area (Å²) in [4.78, 5) is 0. The Hall–Kier alpha value is -1.60. The van der Waals surface area contributed by atoms with E-state index in [2.05, 4.69) is 75.1 Å². The van der Waals surface area contributed by atoms with Crippen LogP contribution in [0.4, 0.5) is 0 Å². The van der Waals surface area contributed by atoms with E-state index in [0.717, 1.165) is 6.42 Å². The Morgan fingerprint density at radius 3 is 2.25 bits per heavy atom. The lowest BCUT2D eigenvalue weighted by Gasteiger charge is -2.18. The molecule has 3 rings (SSSR count). The number of benzene rings is 2. The molecule has 102 valence electrons. The molecule has 20 heavy (non-hydrogen) atoms. The Labute approximate surface area is 123 Å². The number of aryl methyl sites for hydroxylation is 1. The zero-order chi connectivity index (χ0) is 14.3. The van der Waals surface area contributed by atoms with Crippen molar-refractivity contribution in [2.75, 3.05) is 0 Å². The molecule has 0 amide bonds. The highest BCUT2D eigenvalue weighted by Gasteiger charge is 2.17. The summed E-state index contributed by atoms with van der Waals surface area (Å²) >= 11 is 0. The molecule has 0 nitrogen and oxygen atoms in total. The van der Waals surface area contributed by atoms with E-state index >= 15 is 0 Å². The first kappa shape index (κ1) is 13.4. The Bertz CT molecular complexity index is 670. The van der Waals surface area contributed by atoms with Gasteiger partial charge in [0.25, 0.3) is 0 Å². The molecule has 0 spiro atoms. The van der Waals surface area contributed by atoms with Crippen molar-refractivity contribution in [1.82, 2.24) is 0 Å². The summed E-state index contributed by atoms with van der Waals surface area (Å²) in [6.07, 6.45) is 5.63. The normalized spacial score (nSPS) is 13.6. The van der Waals surface area contributed by atoms with Crippen LogP contribution in [0.15, 0.2) is 42.5 Å². The monoisotopic (exact) mass is 278 g/mol. The molecule has 1 aliphatic rings. The Morgan fingerprint density at radius 1 is 0.900 bits per heavy atom. The van der Waals surface area contributed by atoms with Crippen LogP contribution in [0.1, 0.15) is 16.7 Å². The van der Waals surface area contributed by atoms with Crippen LogP contribution in [-0.4, -0.2) is 8.07 Å². The van der Waals surface area contributed by atoms with Crippen molar-refractivity contribution in [2.45, 2.75) is 33.0 Å². The van der Waals surface area contributed by atoms with Gasteiger partial charge in [0.1, 0.15) is 0 Å². The van der Waals surface area contributed by atoms with Crippen LogP contribution in [0, 0.1) is 6.92 Å². The summed E-state index contributed by atoms with van der Waals surface area (Å²) in [6, 6.07) is 13.8. The Balaban J connectivity index is 2.11. The lowest BCUT2D eigenvalue weighted by Crippen LogP contribution is -2.37. The van der Waals surface area contributed by atoms with Gasteiger partial charge >= 0.3 is 0 Å². The van der Waals surface area contributed by atoms with Gasteiger partial charge in [-0.15, -0.1) is 0 Å². The second kappa shape index (κ2) is 4.74. The maximum Gasteiger partial charge on any atom is 0.0775 e. The smallest absolute Gasteiger partial charge is 0.0775 e. The minimum atomic E-state index is -1.21. The molecule has 0 unspecified atom stereocenters. The molecule has 0 atom stereocenters. The predicted octanol–water partition coefficient (Wildman–Crippen LogP) is 4.78. The highest BCUT2D eigenvalue weighted by atomic mass is 28.3. The van der Waals surface area contributed by atoms with Crippen LogP contribution < -0.4 is 5.19 Å². The first-order chi connectivity index (χ1) is 9.47. The van der Waals surface area contributed by atoms with Crippen molar-refractivity contribution >= 4 is 19.3 Å². The second-order valence-corrected chi connectivity index (χ2v) is 11.8. The average molecular weight is 278 g/mol. The molecule has 0 bridgehead atoms. The number of fused-ring (bicyclic) bond motifs is 1. The largest absolute Gasteiger partial charge is 0.0795 e. The van der Waals surface area contributed by atoms with Crippen molar-refractivity contribution < 1.29 is 0 Å². The third-order valence-corrected chi connectivity index (χ3v) is 6.27. The molecule has 0 saturated carbocycles. The average Bonchev–Trinajstić information content (AvgIpc) is 2.86. The highest BCUT2D eigenvalue weighted by molar-refractivity contribution is 6.88. The molecule has 1 aliphatic carbocycles. The zero-order valence-electron chi connectivity index (χ0n) is 12.8. The van der Waals surface area contributed by atoms with Gasteiger partial charge in [-0.1, -0.05) is 73.4 Å². The van der Waals surface area contributed by atoms with Gasteiger partial charge in [-0.2, -0.15) is 0 Å². The van der Waals surface area contributed by atoms with Crippen molar-refractivity contribution in [1.29, 1.82) is 0 Å². The molecule has 2 aromatic carbocycles. The summed E-state index contributed by atoms with van der Waals surface area (Å²) in [5, 5.41) is 1.53. The van der Waals surface area contributed by atoms with E-state index in [-0.39, 0.29) is 0 Å². The minimum Gasteiger partial charge on any atom is -0.0795 e. The Morgan fingerprint density at radius 2 is 1.60 bits per heavy atom. The maximum absolute atomic E-state index is 2.40. The lowest BCUT2D eigenvalue weighted by molar-refractivity contribution is 1.29. The van der Waals surface area contributed by atoms with Gasteiger partial charge in [0.15, 0.2) is 0 Å².